The third-order valence-corrected chi connectivity index (χ3v) is 7.03. The summed E-state index contributed by atoms with van der Waals surface area (Å²) in [5.74, 6) is 0. The van der Waals surface area contributed by atoms with Crippen molar-refractivity contribution in [2.24, 2.45) is 0 Å². The van der Waals surface area contributed by atoms with Crippen molar-refractivity contribution in [1.82, 2.24) is 4.98 Å². The highest BCUT2D eigenvalue weighted by atomic mass is 32.1. The summed E-state index contributed by atoms with van der Waals surface area (Å²) in [5.41, 5.74) is 4.07. The maximum absolute atomic E-state index is 4.69. The fraction of sp³-hybridized carbons (Fsp3) is 0.211. The minimum Gasteiger partial charge on any atom is -0.244 e. The van der Waals surface area contributed by atoms with E-state index in [4.69, 9.17) is 0 Å². The maximum atomic E-state index is 4.69. The Hall–Kier alpha value is -1.49. The van der Waals surface area contributed by atoms with Gasteiger partial charge in [-0.25, -0.2) is 4.98 Å². The lowest BCUT2D eigenvalue weighted by Gasteiger charge is -2.19. The fourth-order valence-electron chi connectivity index (χ4n) is 2.58. The third kappa shape index (κ3) is 2.75. The molecule has 0 spiro atoms. The Bertz CT molecular complexity index is 966. The number of hydrogen-bond acceptors (Lipinski definition) is 4. The van der Waals surface area contributed by atoms with Crippen molar-refractivity contribution in [3.05, 3.63) is 52.9 Å². The molecule has 3 aromatic heterocycles. The average Bonchev–Trinajstić information content (AvgIpc) is 3.22. The molecule has 0 saturated heterocycles. The number of fused-ring (bicyclic) bond motifs is 1. The molecule has 1 aromatic carbocycles. The molecular weight excluding hydrogens is 338 g/mol. The van der Waals surface area contributed by atoms with Crippen molar-refractivity contribution in [1.29, 1.82) is 0 Å². The third-order valence-electron chi connectivity index (χ3n) is 3.93. The summed E-state index contributed by atoms with van der Waals surface area (Å²) in [6.07, 6.45) is 2.01. The Morgan fingerprint density at radius 1 is 1.04 bits per heavy atom. The first-order chi connectivity index (χ1) is 11.0. The smallest absolute Gasteiger partial charge is 0.126 e. The molecule has 23 heavy (non-hydrogen) atoms. The molecule has 0 unspecified atom stereocenters. The van der Waals surface area contributed by atoms with Crippen LogP contribution in [0, 0.1) is 0 Å². The second-order valence-corrected chi connectivity index (χ2v) is 9.48. The minimum atomic E-state index is 0.167. The second-order valence-electron chi connectivity index (χ2n) is 6.62. The van der Waals surface area contributed by atoms with Crippen molar-refractivity contribution >= 4 is 43.4 Å². The highest BCUT2D eigenvalue weighted by Crippen LogP contribution is 2.41. The van der Waals surface area contributed by atoms with Crippen LogP contribution in [0.25, 0.3) is 30.4 Å². The molecule has 0 aliphatic heterocycles. The van der Waals surface area contributed by atoms with Gasteiger partial charge in [0.1, 0.15) is 5.01 Å². The van der Waals surface area contributed by atoms with Gasteiger partial charge < -0.3 is 0 Å². The Morgan fingerprint density at radius 3 is 2.74 bits per heavy atom. The zero-order valence-corrected chi connectivity index (χ0v) is 15.7. The van der Waals surface area contributed by atoms with E-state index < -0.39 is 0 Å². The van der Waals surface area contributed by atoms with Gasteiger partial charge in [0.05, 0.1) is 9.58 Å². The normalized spacial score (nSPS) is 12.1. The van der Waals surface area contributed by atoms with E-state index in [0.29, 0.717) is 0 Å². The summed E-state index contributed by atoms with van der Waals surface area (Å²) in [6, 6.07) is 11.0. The summed E-state index contributed by atoms with van der Waals surface area (Å²) in [4.78, 5) is 5.93. The van der Waals surface area contributed by atoms with Crippen molar-refractivity contribution in [3.8, 4) is 21.0 Å². The van der Waals surface area contributed by atoms with Gasteiger partial charge in [-0.1, -0.05) is 39.0 Å². The number of benzene rings is 1. The van der Waals surface area contributed by atoms with Gasteiger partial charge in [0.2, 0.25) is 0 Å². The highest BCUT2D eigenvalue weighted by molar-refractivity contribution is 7.27. The number of thiazole rings is 1. The standard InChI is InChI=1S/C19H17NS3/c1-19(2,3)13-6-4-5-12(9-13)16-10-20-18(23-16)14-11-22-15-7-8-21-17(14)15/h4-11H,1-3H3. The minimum absolute atomic E-state index is 0.167. The predicted octanol–water partition coefficient (Wildman–Crippen LogP) is 7.05. The monoisotopic (exact) mass is 355 g/mol. The maximum Gasteiger partial charge on any atom is 0.126 e. The Labute approximate surface area is 148 Å². The average molecular weight is 356 g/mol. The van der Waals surface area contributed by atoms with E-state index in [2.05, 4.69) is 66.8 Å². The molecule has 4 heteroatoms. The molecule has 3 heterocycles. The van der Waals surface area contributed by atoms with E-state index in [0.717, 1.165) is 5.01 Å². The summed E-state index contributed by atoms with van der Waals surface area (Å²) >= 11 is 5.39. The molecule has 0 atom stereocenters. The number of thiophene rings is 2. The SMILES string of the molecule is CC(C)(C)c1cccc(-c2cnc(-c3csc4ccsc34)s2)c1. The number of hydrogen-bond donors (Lipinski definition) is 0. The van der Waals surface area contributed by atoms with Crippen molar-refractivity contribution in [2.45, 2.75) is 26.2 Å². The van der Waals surface area contributed by atoms with E-state index >= 15 is 0 Å². The topological polar surface area (TPSA) is 12.9 Å². The van der Waals surface area contributed by atoms with Crippen LogP contribution in [0.1, 0.15) is 26.3 Å². The van der Waals surface area contributed by atoms with Crippen LogP contribution >= 0.6 is 34.0 Å². The number of rotatable bonds is 2. The zero-order valence-electron chi connectivity index (χ0n) is 13.3. The van der Waals surface area contributed by atoms with Gasteiger partial charge >= 0.3 is 0 Å². The zero-order chi connectivity index (χ0) is 16.0. The molecule has 0 aliphatic carbocycles. The number of nitrogens with zero attached hydrogens (tertiary/aromatic N) is 1. The molecule has 4 rings (SSSR count). The lowest BCUT2D eigenvalue weighted by atomic mass is 9.86. The molecule has 0 aliphatic rings. The van der Waals surface area contributed by atoms with Crippen LogP contribution in [-0.2, 0) is 5.41 Å². The van der Waals surface area contributed by atoms with Crippen LogP contribution in [0.4, 0.5) is 0 Å². The van der Waals surface area contributed by atoms with Gasteiger partial charge in [0.25, 0.3) is 0 Å². The van der Waals surface area contributed by atoms with Crippen molar-refractivity contribution in [3.63, 3.8) is 0 Å². The molecule has 116 valence electrons. The van der Waals surface area contributed by atoms with Crippen molar-refractivity contribution in [2.75, 3.05) is 0 Å². The van der Waals surface area contributed by atoms with Crippen molar-refractivity contribution < 1.29 is 0 Å². The Kier molecular flexibility index (Phi) is 3.63. The van der Waals surface area contributed by atoms with Crippen LogP contribution < -0.4 is 0 Å². The molecule has 0 saturated carbocycles. The summed E-state index contributed by atoms with van der Waals surface area (Å²) in [6.45, 7) is 6.76. The van der Waals surface area contributed by atoms with E-state index in [-0.39, 0.29) is 5.41 Å². The summed E-state index contributed by atoms with van der Waals surface area (Å²) in [7, 11) is 0. The molecule has 4 aromatic rings. The quantitative estimate of drug-likeness (QED) is 0.375. The molecule has 1 nitrogen and oxygen atoms in total. The Balaban J connectivity index is 1.75. The van der Waals surface area contributed by atoms with Crippen LogP contribution in [0.5, 0.6) is 0 Å². The predicted molar refractivity (Wildman–Crippen MR) is 105 cm³/mol. The van der Waals surface area contributed by atoms with Gasteiger partial charge in [0.15, 0.2) is 0 Å². The molecule has 0 amide bonds. The summed E-state index contributed by atoms with van der Waals surface area (Å²) in [5, 5.41) is 5.51. The van der Waals surface area contributed by atoms with Gasteiger partial charge in [0, 0.05) is 21.8 Å². The first-order valence-corrected chi connectivity index (χ1v) is 10.1. The van der Waals surface area contributed by atoms with E-state index in [1.807, 2.05) is 6.20 Å². The van der Waals surface area contributed by atoms with E-state index in [9.17, 15) is 0 Å². The molecular formula is C19H17NS3. The van der Waals surface area contributed by atoms with Crippen LogP contribution in [0.15, 0.2) is 47.3 Å². The van der Waals surface area contributed by atoms with Gasteiger partial charge in [-0.2, -0.15) is 0 Å². The first-order valence-electron chi connectivity index (χ1n) is 7.54. The summed E-state index contributed by atoms with van der Waals surface area (Å²) < 4.78 is 2.72. The first kappa shape index (κ1) is 15.1. The molecule has 0 bridgehead atoms. The number of aromatic nitrogens is 1. The lowest BCUT2D eigenvalue weighted by Crippen LogP contribution is -2.10. The second kappa shape index (κ2) is 5.55. The van der Waals surface area contributed by atoms with Crippen LogP contribution in [-0.4, -0.2) is 4.98 Å². The van der Waals surface area contributed by atoms with E-state index in [1.54, 1.807) is 34.0 Å². The molecule has 0 N–H and O–H groups in total. The highest BCUT2D eigenvalue weighted by Gasteiger charge is 2.16. The van der Waals surface area contributed by atoms with Crippen LogP contribution in [0.3, 0.4) is 0 Å². The van der Waals surface area contributed by atoms with Gasteiger partial charge in [-0.3, -0.25) is 0 Å². The fourth-order valence-corrected chi connectivity index (χ4v) is 5.75. The largest absolute Gasteiger partial charge is 0.244 e. The van der Waals surface area contributed by atoms with Crippen LogP contribution in [0.2, 0.25) is 0 Å². The van der Waals surface area contributed by atoms with Gasteiger partial charge in [-0.05, 0) is 34.1 Å². The lowest BCUT2D eigenvalue weighted by molar-refractivity contribution is 0.590. The molecule has 0 radical (unpaired) electrons. The Morgan fingerprint density at radius 2 is 1.91 bits per heavy atom. The van der Waals surface area contributed by atoms with E-state index in [1.165, 1.54) is 31.0 Å². The van der Waals surface area contributed by atoms with Gasteiger partial charge in [-0.15, -0.1) is 34.0 Å². The molecule has 0 fully saturated rings.